The minimum Gasteiger partial charge on any atom is -0.442 e. The number of nitrogens with two attached hydrogens (primary N) is 1. The summed E-state index contributed by atoms with van der Waals surface area (Å²) in [6.45, 7) is 6.92. The average Bonchev–Trinajstić information content (AvgIpc) is 2.13. The second-order valence-corrected chi connectivity index (χ2v) is 4.86. The molecule has 0 aliphatic rings. The van der Waals surface area contributed by atoms with Crippen LogP contribution in [-0.2, 0) is 4.74 Å². The first kappa shape index (κ1) is 14.0. The molecule has 0 spiro atoms. The van der Waals surface area contributed by atoms with E-state index in [1.807, 2.05) is 0 Å². The van der Waals surface area contributed by atoms with Crippen LogP contribution >= 0.6 is 0 Å². The lowest BCUT2D eigenvalue weighted by atomic mass is 10.2. The highest BCUT2D eigenvalue weighted by Crippen LogP contribution is 2.07. The third kappa shape index (κ3) is 4.04. The van der Waals surface area contributed by atoms with Crippen molar-refractivity contribution in [2.24, 2.45) is 4.99 Å². The molecule has 98 valence electrons. The number of amides is 1. The molecular formula is C12H18N4O2. The number of hydrogen-bond acceptors (Lipinski definition) is 4. The van der Waals surface area contributed by atoms with E-state index in [2.05, 4.69) is 4.99 Å². The van der Waals surface area contributed by atoms with Gasteiger partial charge >= 0.3 is 6.09 Å². The van der Waals surface area contributed by atoms with Gasteiger partial charge in [-0.3, -0.25) is 9.98 Å². The van der Waals surface area contributed by atoms with Crippen LogP contribution < -0.4 is 11.1 Å². The smallest absolute Gasteiger partial charge is 0.434 e. The fraction of sp³-hybridized carbons (Fsp3) is 0.417. The highest BCUT2D eigenvalue weighted by atomic mass is 16.6. The summed E-state index contributed by atoms with van der Waals surface area (Å²) in [5, 5.41) is 7.87. The first-order valence-electron chi connectivity index (χ1n) is 5.50. The molecule has 0 atom stereocenters. The highest BCUT2D eigenvalue weighted by Gasteiger charge is 2.15. The van der Waals surface area contributed by atoms with E-state index in [1.165, 1.54) is 10.6 Å². The third-order valence-electron chi connectivity index (χ3n) is 1.94. The summed E-state index contributed by atoms with van der Waals surface area (Å²) >= 11 is 0. The van der Waals surface area contributed by atoms with Crippen molar-refractivity contribution in [3.63, 3.8) is 0 Å². The fourth-order valence-corrected chi connectivity index (χ4v) is 1.27. The van der Waals surface area contributed by atoms with Crippen LogP contribution in [0.1, 0.15) is 27.7 Å². The van der Waals surface area contributed by atoms with E-state index in [4.69, 9.17) is 15.9 Å². The number of hydrogen-bond donors (Lipinski definition) is 2. The molecule has 0 aromatic carbocycles. The van der Waals surface area contributed by atoms with E-state index in [1.54, 1.807) is 40.0 Å². The fourth-order valence-electron chi connectivity index (χ4n) is 1.27. The van der Waals surface area contributed by atoms with E-state index in [0.717, 1.165) is 0 Å². The molecule has 3 N–H and O–H groups in total. The van der Waals surface area contributed by atoms with Crippen LogP contribution in [0.3, 0.4) is 0 Å². The topological polar surface area (TPSA) is 93.5 Å². The second kappa shape index (κ2) is 5.03. The number of carbonyl (C=O) groups excluding carboxylic acids is 1. The minimum absolute atomic E-state index is 0.288. The Bertz CT molecular complexity index is 538. The Balaban J connectivity index is 3.01. The first-order valence-corrected chi connectivity index (χ1v) is 5.50. The predicted molar refractivity (Wildman–Crippen MR) is 69.4 cm³/mol. The Kier molecular flexibility index (Phi) is 3.90. The van der Waals surface area contributed by atoms with Crippen LogP contribution in [0.25, 0.3) is 0 Å². The Labute approximate surface area is 106 Å². The Morgan fingerprint density at radius 1 is 1.50 bits per heavy atom. The molecule has 1 aromatic heterocycles. The maximum atomic E-state index is 11.5. The lowest BCUT2D eigenvalue weighted by molar-refractivity contribution is 0.0597. The second-order valence-electron chi connectivity index (χ2n) is 4.86. The monoisotopic (exact) mass is 250 g/mol. The molecule has 6 heteroatoms. The van der Waals surface area contributed by atoms with Gasteiger partial charge in [-0.05, 0) is 33.8 Å². The van der Waals surface area contributed by atoms with E-state index in [0.29, 0.717) is 11.2 Å². The maximum Gasteiger partial charge on any atom is 0.434 e. The van der Waals surface area contributed by atoms with Gasteiger partial charge in [0.1, 0.15) is 17.3 Å². The molecular weight excluding hydrogens is 232 g/mol. The predicted octanol–water partition coefficient (Wildman–Crippen LogP) is 1.75. The van der Waals surface area contributed by atoms with Gasteiger partial charge < -0.3 is 10.5 Å². The zero-order valence-electron chi connectivity index (χ0n) is 11.0. The molecule has 0 aliphatic carbocycles. The number of aromatic nitrogens is 1. The molecule has 0 fully saturated rings. The summed E-state index contributed by atoms with van der Waals surface area (Å²) in [5.74, 6) is 0.628. The number of ether oxygens (including phenoxy) is 1. The van der Waals surface area contributed by atoms with Gasteiger partial charge in [0.05, 0.1) is 5.36 Å². The molecule has 0 bridgehead atoms. The van der Waals surface area contributed by atoms with Gasteiger partial charge in [0.2, 0.25) is 0 Å². The molecule has 0 saturated heterocycles. The minimum atomic E-state index is -0.661. The summed E-state index contributed by atoms with van der Waals surface area (Å²) in [6.07, 6.45) is 0.923. The number of nitrogen functional groups attached to an aromatic ring is 1. The number of pyridine rings is 1. The Morgan fingerprint density at radius 2 is 2.11 bits per heavy atom. The van der Waals surface area contributed by atoms with Gasteiger partial charge in [0.15, 0.2) is 0 Å². The third-order valence-corrected chi connectivity index (χ3v) is 1.94. The SMILES string of the molecule is CC(=N)n1cc/c(=N\C(=O)OC(C)(C)C)cc1N. The van der Waals surface area contributed by atoms with Crippen molar-refractivity contribution in [1.29, 1.82) is 5.41 Å². The largest absolute Gasteiger partial charge is 0.442 e. The van der Waals surface area contributed by atoms with Crippen LogP contribution in [0.4, 0.5) is 10.6 Å². The lowest BCUT2D eigenvalue weighted by Gasteiger charge is -2.17. The zero-order valence-corrected chi connectivity index (χ0v) is 11.0. The number of anilines is 1. The molecule has 18 heavy (non-hydrogen) atoms. The maximum absolute atomic E-state index is 11.5. The van der Waals surface area contributed by atoms with Gasteiger partial charge in [0, 0.05) is 12.3 Å². The highest BCUT2D eigenvalue weighted by molar-refractivity contribution is 5.81. The van der Waals surface area contributed by atoms with Crippen molar-refractivity contribution in [1.82, 2.24) is 4.57 Å². The van der Waals surface area contributed by atoms with Crippen molar-refractivity contribution in [3.05, 3.63) is 23.7 Å². The van der Waals surface area contributed by atoms with Gasteiger partial charge in [-0.15, -0.1) is 0 Å². The normalized spacial score (nSPS) is 12.3. The summed E-state index contributed by atoms with van der Waals surface area (Å²) in [4.78, 5) is 15.3. The molecule has 1 heterocycles. The van der Waals surface area contributed by atoms with E-state index in [9.17, 15) is 4.79 Å². The van der Waals surface area contributed by atoms with E-state index < -0.39 is 11.7 Å². The molecule has 1 aromatic rings. The van der Waals surface area contributed by atoms with Crippen molar-refractivity contribution in [2.45, 2.75) is 33.3 Å². The molecule has 0 saturated carbocycles. The molecule has 6 nitrogen and oxygen atoms in total. The van der Waals surface area contributed by atoms with Gasteiger partial charge in [-0.2, -0.15) is 4.99 Å². The lowest BCUT2D eigenvalue weighted by Crippen LogP contribution is -2.23. The van der Waals surface area contributed by atoms with Crippen molar-refractivity contribution in [2.75, 3.05) is 5.73 Å². The molecule has 0 aliphatic heterocycles. The van der Waals surface area contributed by atoms with Crippen LogP contribution in [0.15, 0.2) is 23.3 Å². The summed E-state index contributed by atoms with van der Waals surface area (Å²) in [5.41, 5.74) is 5.16. The van der Waals surface area contributed by atoms with Crippen molar-refractivity contribution in [3.8, 4) is 0 Å². The van der Waals surface area contributed by atoms with E-state index >= 15 is 0 Å². The quantitative estimate of drug-likeness (QED) is 0.542. The molecule has 0 unspecified atom stereocenters. The van der Waals surface area contributed by atoms with Crippen LogP contribution in [0.2, 0.25) is 0 Å². The molecule has 0 radical (unpaired) electrons. The molecule has 1 amide bonds. The average molecular weight is 250 g/mol. The van der Waals surface area contributed by atoms with Crippen LogP contribution in [0, 0.1) is 5.41 Å². The standard InChI is InChI=1S/C12H18N4O2/c1-8(13)16-6-5-9(7-10(16)14)15-11(17)18-12(2,3)4/h5-7,13H,14H2,1-4H3/b13-8?,15-9+. The summed E-state index contributed by atoms with van der Waals surface area (Å²) in [6, 6.07) is 3.11. The zero-order chi connectivity index (χ0) is 13.9. The number of carbonyl (C=O) groups is 1. The van der Waals surface area contributed by atoms with Crippen molar-refractivity contribution < 1.29 is 9.53 Å². The Morgan fingerprint density at radius 3 is 2.56 bits per heavy atom. The molecule has 1 rings (SSSR count). The first-order chi connectivity index (χ1) is 8.19. The van der Waals surface area contributed by atoms with Gasteiger partial charge in [-0.25, -0.2) is 4.79 Å². The van der Waals surface area contributed by atoms with E-state index in [-0.39, 0.29) is 5.84 Å². The van der Waals surface area contributed by atoms with Crippen molar-refractivity contribution >= 4 is 17.7 Å². The number of rotatable bonds is 0. The summed E-state index contributed by atoms with van der Waals surface area (Å²) < 4.78 is 6.54. The van der Waals surface area contributed by atoms with Crippen LogP contribution in [0.5, 0.6) is 0 Å². The van der Waals surface area contributed by atoms with Gasteiger partial charge in [0.25, 0.3) is 0 Å². The number of nitrogens with one attached hydrogen (secondary N) is 1. The van der Waals surface area contributed by atoms with Crippen LogP contribution in [-0.4, -0.2) is 22.1 Å². The summed E-state index contributed by atoms with van der Waals surface area (Å²) in [7, 11) is 0. The number of nitrogens with zero attached hydrogens (tertiary/aromatic N) is 2. The Hall–Kier alpha value is -2.11. The van der Waals surface area contributed by atoms with Gasteiger partial charge in [-0.1, -0.05) is 0 Å².